The van der Waals surface area contributed by atoms with Crippen LogP contribution in [-0.4, -0.2) is 31.1 Å². The third-order valence-corrected chi connectivity index (χ3v) is 5.35. The first-order chi connectivity index (χ1) is 15.4. The van der Waals surface area contributed by atoms with Gasteiger partial charge in [-0.25, -0.2) is 0 Å². The number of rotatable bonds is 6. The molecule has 0 saturated heterocycles. The van der Waals surface area contributed by atoms with Gasteiger partial charge >= 0.3 is 0 Å². The average molecular weight is 427 g/mol. The molecular formula is C25H26N6O. The van der Waals surface area contributed by atoms with Gasteiger partial charge in [-0.2, -0.15) is 4.68 Å². The zero-order chi connectivity index (χ0) is 22.7. The van der Waals surface area contributed by atoms with E-state index >= 15 is 0 Å². The molecule has 0 aliphatic carbocycles. The molecule has 7 heteroatoms. The van der Waals surface area contributed by atoms with Crippen molar-refractivity contribution in [3.05, 3.63) is 89.0 Å². The predicted octanol–water partition coefficient (Wildman–Crippen LogP) is 4.39. The summed E-state index contributed by atoms with van der Waals surface area (Å²) in [6, 6.07) is 17.8. The summed E-state index contributed by atoms with van der Waals surface area (Å²) in [5.74, 6) is 0.698. The van der Waals surface area contributed by atoms with Crippen LogP contribution in [0.15, 0.2) is 60.8 Å². The van der Waals surface area contributed by atoms with E-state index in [1.807, 2.05) is 51.1 Å². The number of nitrogens with zero attached hydrogens (tertiary/aromatic N) is 5. The van der Waals surface area contributed by atoms with Gasteiger partial charge in [0.1, 0.15) is 0 Å². The minimum Gasteiger partial charge on any atom is -0.346 e. The highest BCUT2D eigenvalue weighted by Gasteiger charge is 2.16. The first kappa shape index (κ1) is 21.4. The summed E-state index contributed by atoms with van der Waals surface area (Å²) in [5, 5.41) is 15.2. The standard InChI is InChI=1S/C25H26N6O/c1-16(2)24-28-29-30-31(24)22-13-20(19-9-7-17(3)8-10-19)12-21(14-22)25(32)27-15-23-18(4)6-5-11-26-23/h5-14,16H,15H2,1-4H3,(H,27,32). The number of carbonyl (C=O) groups excluding carboxylic acids is 1. The third kappa shape index (κ3) is 4.56. The largest absolute Gasteiger partial charge is 0.346 e. The highest BCUT2D eigenvalue weighted by Crippen LogP contribution is 2.26. The Morgan fingerprint density at radius 3 is 2.53 bits per heavy atom. The Labute approximate surface area is 187 Å². The highest BCUT2D eigenvalue weighted by atomic mass is 16.1. The summed E-state index contributed by atoms with van der Waals surface area (Å²) in [5.41, 5.74) is 6.29. The fourth-order valence-corrected chi connectivity index (χ4v) is 3.48. The molecule has 0 aliphatic rings. The molecule has 2 aromatic heterocycles. The van der Waals surface area contributed by atoms with Crippen LogP contribution in [0.25, 0.3) is 16.8 Å². The molecular weight excluding hydrogens is 400 g/mol. The van der Waals surface area contributed by atoms with Crippen molar-refractivity contribution in [3.8, 4) is 16.8 Å². The summed E-state index contributed by atoms with van der Waals surface area (Å²) in [6.07, 6.45) is 1.73. The van der Waals surface area contributed by atoms with E-state index in [0.29, 0.717) is 12.1 Å². The Bertz CT molecular complexity index is 1240. The highest BCUT2D eigenvalue weighted by molar-refractivity contribution is 5.96. The lowest BCUT2D eigenvalue weighted by molar-refractivity contribution is 0.0950. The zero-order valence-corrected chi connectivity index (χ0v) is 18.7. The number of hydrogen-bond acceptors (Lipinski definition) is 5. The summed E-state index contributed by atoms with van der Waals surface area (Å²) in [7, 11) is 0. The van der Waals surface area contributed by atoms with Crippen LogP contribution in [0, 0.1) is 13.8 Å². The molecule has 4 rings (SSSR count). The molecule has 0 aliphatic heterocycles. The van der Waals surface area contributed by atoms with Crippen LogP contribution >= 0.6 is 0 Å². The number of aryl methyl sites for hydroxylation is 2. The van der Waals surface area contributed by atoms with Gasteiger partial charge in [0.15, 0.2) is 5.82 Å². The molecule has 0 bridgehead atoms. The van der Waals surface area contributed by atoms with E-state index < -0.39 is 0 Å². The second kappa shape index (κ2) is 9.09. The van der Waals surface area contributed by atoms with Gasteiger partial charge in [-0.15, -0.1) is 5.10 Å². The molecule has 0 saturated carbocycles. The molecule has 162 valence electrons. The number of nitrogens with one attached hydrogen (secondary N) is 1. The van der Waals surface area contributed by atoms with Crippen LogP contribution < -0.4 is 5.32 Å². The zero-order valence-electron chi connectivity index (χ0n) is 18.7. The van der Waals surface area contributed by atoms with Gasteiger partial charge in [0.05, 0.1) is 17.9 Å². The van der Waals surface area contributed by atoms with Crippen LogP contribution in [0.2, 0.25) is 0 Å². The molecule has 1 N–H and O–H groups in total. The minimum atomic E-state index is -0.176. The summed E-state index contributed by atoms with van der Waals surface area (Å²) in [6.45, 7) is 8.46. The number of hydrogen-bond donors (Lipinski definition) is 1. The molecule has 7 nitrogen and oxygen atoms in total. The Morgan fingerprint density at radius 1 is 1.03 bits per heavy atom. The van der Waals surface area contributed by atoms with E-state index in [2.05, 4.69) is 57.0 Å². The molecule has 0 spiro atoms. The fourth-order valence-electron chi connectivity index (χ4n) is 3.48. The van der Waals surface area contributed by atoms with Gasteiger partial charge in [-0.05, 0) is 65.2 Å². The molecule has 2 heterocycles. The van der Waals surface area contributed by atoms with Gasteiger partial charge in [-0.1, -0.05) is 49.7 Å². The Morgan fingerprint density at radius 2 is 1.81 bits per heavy atom. The molecule has 0 radical (unpaired) electrons. The average Bonchev–Trinajstić information content (AvgIpc) is 3.29. The fraction of sp³-hybridized carbons (Fsp3) is 0.240. The summed E-state index contributed by atoms with van der Waals surface area (Å²) >= 11 is 0. The van der Waals surface area contributed by atoms with E-state index in [1.54, 1.807) is 10.9 Å². The number of tetrazole rings is 1. The topological polar surface area (TPSA) is 85.6 Å². The number of carbonyl (C=O) groups is 1. The van der Waals surface area contributed by atoms with Gasteiger partial charge in [-0.3, -0.25) is 9.78 Å². The molecule has 1 amide bonds. The van der Waals surface area contributed by atoms with E-state index in [-0.39, 0.29) is 11.8 Å². The Balaban J connectivity index is 1.73. The van der Waals surface area contributed by atoms with Crippen LogP contribution in [0.4, 0.5) is 0 Å². The number of pyridine rings is 1. The monoisotopic (exact) mass is 426 g/mol. The lowest BCUT2D eigenvalue weighted by Gasteiger charge is -2.13. The van der Waals surface area contributed by atoms with Crippen LogP contribution in [-0.2, 0) is 6.54 Å². The van der Waals surface area contributed by atoms with Crippen molar-refractivity contribution in [2.24, 2.45) is 0 Å². The minimum absolute atomic E-state index is 0.137. The van der Waals surface area contributed by atoms with Gasteiger partial charge < -0.3 is 5.32 Å². The molecule has 4 aromatic rings. The van der Waals surface area contributed by atoms with Crippen molar-refractivity contribution in [1.29, 1.82) is 0 Å². The number of amides is 1. The van der Waals surface area contributed by atoms with Crippen molar-refractivity contribution in [2.45, 2.75) is 40.2 Å². The first-order valence-corrected chi connectivity index (χ1v) is 10.6. The molecule has 0 fully saturated rings. The maximum Gasteiger partial charge on any atom is 0.251 e. The lowest BCUT2D eigenvalue weighted by atomic mass is 10.0. The van der Waals surface area contributed by atoms with Gasteiger partial charge in [0, 0.05) is 17.7 Å². The van der Waals surface area contributed by atoms with Crippen molar-refractivity contribution in [3.63, 3.8) is 0 Å². The quantitative estimate of drug-likeness (QED) is 0.494. The van der Waals surface area contributed by atoms with Crippen LogP contribution in [0.3, 0.4) is 0 Å². The Kier molecular flexibility index (Phi) is 6.07. The maximum atomic E-state index is 13.1. The molecule has 32 heavy (non-hydrogen) atoms. The lowest BCUT2D eigenvalue weighted by Crippen LogP contribution is -2.24. The summed E-state index contributed by atoms with van der Waals surface area (Å²) < 4.78 is 1.70. The molecule has 2 aromatic carbocycles. The second-order valence-electron chi connectivity index (χ2n) is 8.19. The normalized spacial score (nSPS) is 11.0. The van der Waals surface area contributed by atoms with Crippen molar-refractivity contribution in [1.82, 2.24) is 30.5 Å². The smallest absolute Gasteiger partial charge is 0.251 e. The maximum absolute atomic E-state index is 13.1. The second-order valence-corrected chi connectivity index (χ2v) is 8.19. The number of benzene rings is 2. The number of aromatic nitrogens is 5. The van der Waals surface area contributed by atoms with E-state index in [4.69, 9.17) is 0 Å². The van der Waals surface area contributed by atoms with Gasteiger partial charge in [0.25, 0.3) is 5.91 Å². The third-order valence-electron chi connectivity index (χ3n) is 5.35. The first-order valence-electron chi connectivity index (χ1n) is 10.6. The SMILES string of the molecule is Cc1ccc(-c2cc(C(=O)NCc3ncccc3C)cc(-n3nnnc3C(C)C)c2)cc1. The van der Waals surface area contributed by atoms with E-state index in [9.17, 15) is 4.79 Å². The Hall–Kier alpha value is -3.87. The van der Waals surface area contributed by atoms with Gasteiger partial charge in [0.2, 0.25) is 0 Å². The summed E-state index contributed by atoms with van der Waals surface area (Å²) in [4.78, 5) is 17.5. The van der Waals surface area contributed by atoms with Crippen LogP contribution in [0.1, 0.15) is 52.8 Å². The molecule has 0 atom stereocenters. The van der Waals surface area contributed by atoms with Crippen LogP contribution in [0.5, 0.6) is 0 Å². The predicted molar refractivity (Wildman–Crippen MR) is 124 cm³/mol. The van der Waals surface area contributed by atoms with E-state index in [0.717, 1.165) is 33.9 Å². The van der Waals surface area contributed by atoms with Crippen molar-refractivity contribution >= 4 is 5.91 Å². The van der Waals surface area contributed by atoms with Crippen molar-refractivity contribution < 1.29 is 4.79 Å². The van der Waals surface area contributed by atoms with E-state index in [1.165, 1.54) is 5.56 Å². The molecule has 0 unspecified atom stereocenters. The van der Waals surface area contributed by atoms with Crippen molar-refractivity contribution in [2.75, 3.05) is 0 Å².